The molecular formula is C17H15BrN2O2S. The molecule has 1 aromatic heterocycles. The van der Waals surface area contributed by atoms with Gasteiger partial charge in [0.2, 0.25) is 0 Å². The van der Waals surface area contributed by atoms with Crippen molar-refractivity contribution >= 4 is 48.5 Å². The summed E-state index contributed by atoms with van der Waals surface area (Å²) < 4.78 is 6.98. The lowest BCUT2D eigenvalue weighted by Gasteiger charge is -2.06. The number of ether oxygens (including phenoxy) is 1. The number of benzene rings is 2. The molecule has 0 saturated carbocycles. The van der Waals surface area contributed by atoms with Gasteiger partial charge in [-0.1, -0.05) is 17.4 Å². The third kappa shape index (κ3) is 3.23. The predicted molar refractivity (Wildman–Crippen MR) is 97.7 cm³/mol. The molecule has 0 aliphatic rings. The molecule has 6 heteroatoms. The van der Waals surface area contributed by atoms with Crippen molar-refractivity contribution in [2.24, 2.45) is 0 Å². The Morgan fingerprint density at radius 1 is 1.26 bits per heavy atom. The fourth-order valence-corrected chi connectivity index (χ4v) is 3.74. The van der Waals surface area contributed by atoms with E-state index in [0.29, 0.717) is 20.9 Å². The maximum absolute atomic E-state index is 12.5. The molecule has 3 aromatic rings. The van der Waals surface area contributed by atoms with E-state index in [2.05, 4.69) is 39.2 Å². The number of rotatable bonds is 3. The Kier molecular flexibility index (Phi) is 4.37. The van der Waals surface area contributed by atoms with Crippen LogP contribution in [0.15, 0.2) is 34.8 Å². The minimum atomic E-state index is -0.218. The molecule has 0 radical (unpaired) electrons. The van der Waals surface area contributed by atoms with Crippen LogP contribution < -0.4 is 10.1 Å². The number of methoxy groups -OCH3 is 1. The van der Waals surface area contributed by atoms with E-state index in [4.69, 9.17) is 4.74 Å². The number of nitrogens with zero attached hydrogens (tertiary/aromatic N) is 1. The van der Waals surface area contributed by atoms with Crippen LogP contribution in [-0.2, 0) is 0 Å². The molecular weight excluding hydrogens is 376 g/mol. The number of carbonyl (C=O) groups excluding carboxylic acids is 1. The van der Waals surface area contributed by atoms with Gasteiger partial charge < -0.3 is 4.74 Å². The second kappa shape index (κ2) is 6.29. The lowest BCUT2D eigenvalue weighted by molar-refractivity contribution is 0.102. The van der Waals surface area contributed by atoms with Crippen molar-refractivity contribution < 1.29 is 9.53 Å². The van der Waals surface area contributed by atoms with Gasteiger partial charge in [0.15, 0.2) is 5.13 Å². The summed E-state index contributed by atoms with van der Waals surface area (Å²) in [5.41, 5.74) is 3.75. The number of nitrogens with one attached hydrogen (secondary N) is 1. The Balaban J connectivity index is 1.93. The predicted octanol–water partition coefficient (Wildman–Crippen LogP) is 4.94. The monoisotopic (exact) mass is 390 g/mol. The molecule has 0 unspecified atom stereocenters. The van der Waals surface area contributed by atoms with E-state index in [1.54, 1.807) is 25.3 Å². The van der Waals surface area contributed by atoms with Crippen molar-refractivity contribution in [3.8, 4) is 5.75 Å². The number of fused-ring (bicyclic) bond motifs is 1. The molecule has 0 spiro atoms. The molecule has 2 aromatic carbocycles. The maximum atomic E-state index is 12.5. The van der Waals surface area contributed by atoms with Crippen LogP contribution >= 0.6 is 27.3 Å². The average Bonchev–Trinajstić information content (AvgIpc) is 2.90. The number of halogens is 1. The number of anilines is 1. The third-order valence-corrected chi connectivity index (χ3v) is 5.27. The topological polar surface area (TPSA) is 51.2 Å². The molecule has 118 valence electrons. The molecule has 4 nitrogen and oxygen atoms in total. The van der Waals surface area contributed by atoms with Gasteiger partial charge in [-0.3, -0.25) is 10.1 Å². The first-order chi connectivity index (χ1) is 11.0. The second-order valence-electron chi connectivity index (χ2n) is 5.25. The van der Waals surface area contributed by atoms with Crippen LogP contribution in [0.25, 0.3) is 10.2 Å². The molecule has 0 atom stereocenters. The van der Waals surface area contributed by atoms with Crippen LogP contribution in [0.1, 0.15) is 21.5 Å². The summed E-state index contributed by atoms with van der Waals surface area (Å²) in [4.78, 5) is 17.0. The van der Waals surface area contributed by atoms with E-state index in [1.807, 2.05) is 13.0 Å². The highest BCUT2D eigenvalue weighted by molar-refractivity contribution is 9.10. The zero-order chi connectivity index (χ0) is 16.6. The fourth-order valence-electron chi connectivity index (χ4n) is 2.40. The second-order valence-corrected chi connectivity index (χ2v) is 7.10. The van der Waals surface area contributed by atoms with Gasteiger partial charge in [0.05, 0.1) is 22.9 Å². The summed E-state index contributed by atoms with van der Waals surface area (Å²) in [5, 5.41) is 3.46. The zero-order valence-corrected chi connectivity index (χ0v) is 15.3. The minimum absolute atomic E-state index is 0.218. The van der Waals surface area contributed by atoms with Crippen molar-refractivity contribution in [2.75, 3.05) is 12.4 Å². The highest BCUT2D eigenvalue weighted by Crippen LogP contribution is 2.31. The Hall–Kier alpha value is -1.92. The molecule has 1 amide bonds. The summed E-state index contributed by atoms with van der Waals surface area (Å²) >= 11 is 4.88. The first-order valence-electron chi connectivity index (χ1n) is 7.00. The molecule has 0 aliphatic carbocycles. The highest BCUT2D eigenvalue weighted by Gasteiger charge is 2.14. The third-order valence-electron chi connectivity index (χ3n) is 3.46. The molecule has 1 heterocycles. The SMILES string of the molecule is COc1ccc(Br)c(C(=O)Nc2nc3cc(C)cc(C)c3s2)c1. The van der Waals surface area contributed by atoms with Crippen LogP contribution in [0.5, 0.6) is 5.75 Å². The van der Waals surface area contributed by atoms with Gasteiger partial charge >= 0.3 is 0 Å². The Labute approximate surface area is 146 Å². The Morgan fingerprint density at radius 2 is 2.04 bits per heavy atom. The quantitative estimate of drug-likeness (QED) is 0.688. The lowest BCUT2D eigenvalue weighted by atomic mass is 10.1. The van der Waals surface area contributed by atoms with E-state index in [0.717, 1.165) is 15.8 Å². The van der Waals surface area contributed by atoms with Crippen molar-refractivity contribution in [3.63, 3.8) is 0 Å². The van der Waals surface area contributed by atoms with E-state index in [-0.39, 0.29) is 5.91 Å². The smallest absolute Gasteiger partial charge is 0.258 e. The summed E-state index contributed by atoms with van der Waals surface area (Å²) in [6, 6.07) is 9.42. The van der Waals surface area contributed by atoms with Crippen LogP contribution in [0, 0.1) is 13.8 Å². The standard InChI is InChI=1S/C17H15BrN2O2S/c1-9-6-10(2)15-14(7-9)19-17(23-15)20-16(21)12-8-11(22-3)4-5-13(12)18/h4-8H,1-3H3,(H,19,20,21). The fraction of sp³-hybridized carbons (Fsp3) is 0.176. The molecule has 0 fully saturated rings. The summed E-state index contributed by atoms with van der Waals surface area (Å²) in [5.74, 6) is 0.415. The van der Waals surface area contributed by atoms with Crippen molar-refractivity contribution in [3.05, 3.63) is 51.5 Å². The minimum Gasteiger partial charge on any atom is -0.497 e. The van der Waals surface area contributed by atoms with Gasteiger partial charge in [-0.05, 0) is 65.2 Å². The number of amides is 1. The van der Waals surface area contributed by atoms with Crippen molar-refractivity contribution in [2.45, 2.75) is 13.8 Å². The normalized spacial score (nSPS) is 10.8. The van der Waals surface area contributed by atoms with Crippen LogP contribution in [0.2, 0.25) is 0 Å². The van der Waals surface area contributed by atoms with Gasteiger partial charge in [-0.15, -0.1) is 0 Å². The number of hydrogen-bond acceptors (Lipinski definition) is 4. The maximum Gasteiger partial charge on any atom is 0.258 e. The van der Waals surface area contributed by atoms with E-state index < -0.39 is 0 Å². The van der Waals surface area contributed by atoms with Gasteiger partial charge in [-0.2, -0.15) is 0 Å². The molecule has 0 bridgehead atoms. The molecule has 0 aliphatic heterocycles. The number of hydrogen-bond donors (Lipinski definition) is 1. The first kappa shape index (κ1) is 16.0. The van der Waals surface area contributed by atoms with Crippen LogP contribution in [-0.4, -0.2) is 18.0 Å². The summed E-state index contributed by atoms with van der Waals surface area (Å²) in [6.07, 6.45) is 0. The number of carbonyl (C=O) groups is 1. The zero-order valence-electron chi connectivity index (χ0n) is 12.9. The molecule has 1 N–H and O–H groups in total. The number of thiazole rings is 1. The van der Waals surface area contributed by atoms with Crippen LogP contribution in [0.3, 0.4) is 0 Å². The molecule has 23 heavy (non-hydrogen) atoms. The molecule has 0 saturated heterocycles. The Morgan fingerprint density at radius 3 is 2.78 bits per heavy atom. The van der Waals surface area contributed by atoms with E-state index >= 15 is 0 Å². The van der Waals surface area contributed by atoms with E-state index in [1.165, 1.54) is 16.9 Å². The average molecular weight is 391 g/mol. The van der Waals surface area contributed by atoms with Gasteiger partial charge in [0, 0.05) is 4.47 Å². The van der Waals surface area contributed by atoms with Gasteiger partial charge in [0.25, 0.3) is 5.91 Å². The van der Waals surface area contributed by atoms with Crippen molar-refractivity contribution in [1.82, 2.24) is 4.98 Å². The highest BCUT2D eigenvalue weighted by atomic mass is 79.9. The lowest BCUT2D eigenvalue weighted by Crippen LogP contribution is -2.12. The largest absolute Gasteiger partial charge is 0.497 e. The molecule has 3 rings (SSSR count). The number of aromatic nitrogens is 1. The van der Waals surface area contributed by atoms with E-state index in [9.17, 15) is 4.79 Å². The van der Waals surface area contributed by atoms with Crippen molar-refractivity contribution in [1.29, 1.82) is 0 Å². The summed E-state index contributed by atoms with van der Waals surface area (Å²) in [7, 11) is 1.57. The number of aryl methyl sites for hydroxylation is 2. The Bertz CT molecular complexity index is 905. The van der Waals surface area contributed by atoms with Crippen LogP contribution in [0.4, 0.5) is 5.13 Å². The van der Waals surface area contributed by atoms with Gasteiger partial charge in [0.1, 0.15) is 5.75 Å². The first-order valence-corrected chi connectivity index (χ1v) is 8.61. The summed E-state index contributed by atoms with van der Waals surface area (Å²) in [6.45, 7) is 4.09. The van der Waals surface area contributed by atoms with Gasteiger partial charge in [-0.25, -0.2) is 4.98 Å².